The Balaban J connectivity index is 1.31. The second-order valence-electron chi connectivity index (χ2n) is 9.55. The van der Waals surface area contributed by atoms with Crippen LogP contribution in [0.4, 0.5) is 31.9 Å². The maximum atomic E-state index is 13.1. The molecule has 3 aliphatic rings. The number of fused-ring (bicyclic) bond motifs is 2. The molecule has 2 aliphatic heterocycles. The molecule has 1 fully saturated rings. The van der Waals surface area contributed by atoms with Gasteiger partial charge in [-0.1, -0.05) is 17.7 Å². The van der Waals surface area contributed by atoms with Crippen LogP contribution in [0.25, 0.3) is 0 Å². The van der Waals surface area contributed by atoms with E-state index < -0.39 is 6.43 Å². The number of aromatic nitrogens is 2. The third-order valence-electron chi connectivity index (χ3n) is 7.07. The number of likely N-dealkylation sites (N-methyl/N-ethyl adjacent to an activating group) is 1. The van der Waals surface area contributed by atoms with Crippen molar-refractivity contribution >= 4 is 34.7 Å². The molecule has 176 valence electrons. The first-order chi connectivity index (χ1) is 16.5. The Kier molecular flexibility index (Phi) is 5.41. The highest BCUT2D eigenvalue weighted by Crippen LogP contribution is 2.45. The maximum absolute atomic E-state index is 13.1. The van der Waals surface area contributed by atoms with Gasteiger partial charge in [0.25, 0.3) is 6.43 Å². The molecule has 6 rings (SSSR count). The van der Waals surface area contributed by atoms with E-state index in [2.05, 4.69) is 34.4 Å². The molecule has 1 N–H and O–H groups in total. The van der Waals surface area contributed by atoms with Crippen molar-refractivity contribution < 1.29 is 8.78 Å². The molecule has 0 unspecified atom stereocenters. The molecule has 3 aromatic rings. The second-order valence-corrected chi connectivity index (χ2v) is 9.95. The van der Waals surface area contributed by atoms with Crippen LogP contribution in [0.3, 0.4) is 0 Å². The fraction of sp³-hybridized carbons (Fsp3) is 0.385. The van der Waals surface area contributed by atoms with E-state index in [9.17, 15) is 8.78 Å². The summed E-state index contributed by atoms with van der Waals surface area (Å²) in [7, 11) is 2.16. The lowest BCUT2D eigenvalue weighted by atomic mass is 9.91. The highest BCUT2D eigenvalue weighted by Gasteiger charge is 2.30. The predicted octanol–water partition coefficient (Wildman–Crippen LogP) is 6.37. The number of benzene rings is 2. The molecular formula is C26H26ClF2N5. The minimum atomic E-state index is -2.48. The average molecular weight is 482 g/mol. The van der Waals surface area contributed by atoms with E-state index in [1.54, 1.807) is 18.3 Å². The number of nitrogens with zero attached hydrogens (tertiary/aromatic N) is 4. The quantitative estimate of drug-likeness (QED) is 0.458. The summed E-state index contributed by atoms with van der Waals surface area (Å²) in [4.78, 5) is 13.5. The maximum Gasteiger partial charge on any atom is 0.263 e. The molecule has 0 radical (unpaired) electrons. The van der Waals surface area contributed by atoms with Gasteiger partial charge in [0.2, 0.25) is 5.95 Å². The summed E-state index contributed by atoms with van der Waals surface area (Å²) in [5, 5.41) is 3.84. The molecule has 1 aliphatic carbocycles. The van der Waals surface area contributed by atoms with Crippen LogP contribution in [0.15, 0.2) is 36.5 Å². The minimum Gasteiger partial charge on any atom is -0.324 e. The Hall–Kier alpha value is -2.77. The summed E-state index contributed by atoms with van der Waals surface area (Å²) in [6.45, 7) is 2.68. The third-order valence-corrected chi connectivity index (χ3v) is 7.33. The number of rotatable bonds is 5. The SMILES string of the molecule is CN1CCc2c(cc(Nc3ncc(Cl)c(N4CCc5cc(C(F)F)ccc54)n3)cc2C2CC2)C1. The van der Waals surface area contributed by atoms with Crippen LogP contribution in [0, 0.1) is 0 Å². The fourth-order valence-electron chi connectivity index (χ4n) is 5.22. The van der Waals surface area contributed by atoms with Gasteiger partial charge in [-0.3, -0.25) is 0 Å². The van der Waals surface area contributed by atoms with Gasteiger partial charge in [-0.2, -0.15) is 4.98 Å². The molecule has 5 nitrogen and oxygen atoms in total. The van der Waals surface area contributed by atoms with Crippen molar-refractivity contribution in [1.82, 2.24) is 14.9 Å². The van der Waals surface area contributed by atoms with Crippen LogP contribution in [0.5, 0.6) is 0 Å². The molecule has 0 amide bonds. The van der Waals surface area contributed by atoms with Gasteiger partial charge in [0.15, 0.2) is 5.82 Å². The van der Waals surface area contributed by atoms with Crippen LogP contribution in [0.2, 0.25) is 5.02 Å². The van der Waals surface area contributed by atoms with Crippen molar-refractivity contribution in [3.8, 4) is 0 Å². The number of halogens is 3. The van der Waals surface area contributed by atoms with Gasteiger partial charge in [-0.25, -0.2) is 13.8 Å². The van der Waals surface area contributed by atoms with Crippen molar-refractivity contribution in [1.29, 1.82) is 0 Å². The van der Waals surface area contributed by atoms with E-state index in [1.807, 2.05) is 4.90 Å². The molecule has 0 atom stereocenters. The van der Waals surface area contributed by atoms with E-state index in [4.69, 9.17) is 16.6 Å². The zero-order valence-corrected chi connectivity index (χ0v) is 19.7. The Morgan fingerprint density at radius 1 is 1.09 bits per heavy atom. The summed E-state index contributed by atoms with van der Waals surface area (Å²) >= 11 is 6.49. The van der Waals surface area contributed by atoms with E-state index in [1.165, 1.54) is 35.6 Å². The lowest BCUT2D eigenvalue weighted by molar-refractivity contribution is 0.151. The lowest BCUT2D eigenvalue weighted by Gasteiger charge is -2.28. The average Bonchev–Trinajstić information content (AvgIpc) is 3.58. The van der Waals surface area contributed by atoms with Crippen LogP contribution < -0.4 is 10.2 Å². The molecule has 1 saturated carbocycles. The van der Waals surface area contributed by atoms with Gasteiger partial charge in [0.05, 0.1) is 6.20 Å². The van der Waals surface area contributed by atoms with Crippen LogP contribution in [-0.2, 0) is 19.4 Å². The van der Waals surface area contributed by atoms with Crippen molar-refractivity contribution in [2.45, 2.75) is 44.6 Å². The van der Waals surface area contributed by atoms with E-state index in [0.717, 1.165) is 36.4 Å². The summed E-state index contributed by atoms with van der Waals surface area (Å²) < 4.78 is 26.2. The monoisotopic (exact) mass is 481 g/mol. The molecule has 1 aromatic heterocycles. The van der Waals surface area contributed by atoms with Gasteiger partial charge in [-0.05, 0) is 85.2 Å². The first kappa shape index (κ1) is 21.7. The topological polar surface area (TPSA) is 44.3 Å². The third kappa shape index (κ3) is 4.01. The molecule has 2 aromatic carbocycles. The lowest BCUT2D eigenvalue weighted by Crippen LogP contribution is -2.27. The normalized spacial score (nSPS) is 17.7. The van der Waals surface area contributed by atoms with Crippen LogP contribution in [0.1, 0.15) is 53.0 Å². The minimum absolute atomic E-state index is 0.0428. The van der Waals surface area contributed by atoms with Gasteiger partial charge < -0.3 is 15.1 Å². The Morgan fingerprint density at radius 3 is 2.74 bits per heavy atom. The fourth-order valence-corrected chi connectivity index (χ4v) is 5.41. The molecule has 0 bridgehead atoms. The van der Waals surface area contributed by atoms with Crippen LogP contribution in [-0.4, -0.2) is 35.0 Å². The molecule has 8 heteroatoms. The van der Waals surface area contributed by atoms with Gasteiger partial charge in [-0.15, -0.1) is 0 Å². The Labute approximate surface area is 202 Å². The molecular weight excluding hydrogens is 456 g/mol. The van der Waals surface area contributed by atoms with E-state index >= 15 is 0 Å². The molecule has 3 heterocycles. The number of hydrogen-bond acceptors (Lipinski definition) is 5. The van der Waals surface area contributed by atoms with E-state index in [0.29, 0.717) is 35.7 Å². The van der Waals surface area contributed by atoms with Crippen molar-refractivity contribution in [2.24, 2.45) is 0 Å². The van der Waals surface area contributed by atoms with Gasteiger partial charge >= 0.3 is 0 Å². The smallest absolute Gasteiger partial charge is 0.263 e. The highest BCUT2D eigenvalue weighted by molar-refractivity contribution is 6.33. The molecule has 0 spiro atoms. The summed E-state index contributed by atoms with van der Waals surface area (Å²) in [6, 6.07) is 9.26. The first-order valence-electron chi connectivity index (χ1n) is 11.8. The Bertz CT molecular complexity index is 1260. The zero-order chi connectivity index (χ0) is 23.4. The van der Waals surface area contributed by atoms with Crippen LogP contribution >= 0.6 is 11.6 Å². The standard InChI is InChI=1S/C26H26ClF2N5/c1-33-8-7-20-18(14-33)11-19(12-21(20)15-2-3-15)31-26-30-13-22(27)25(32-26)34-9-6-16-10-17(24(28)29)4-5-23(16)34/h4-5,10-13,15,24H,2-3,6-9,14H2,1H3,(H,30,31,32). The highest BCUT2D eigenvalue weighted by atomic mass is 35.5. The summed E-state index contributed by atoms with van der Waals surface area (Å²) in [5.41, 5.74) is 7.14. The second kappa shape index (κ2) is 8.47. The number of nitrogens with one attached hydrogen (secondary N) is 1. The number of alkyl halides is 2. The van der Waals surface area contributed by atoms with E-state index in [-0.39, 0.29) is 5.56 Å². The van der Waals surface area contributed by atoms with Gasteiger partial charge in [0.1, 0.15) is 5.02 Å². The zero-order valence-electron chi connectivity index (χ0n) is 19.0. The first-order valence-corrected chi connectivity index (χ1v) is 12.2. The molecule has 34 heavy (non-hydrogen) atoms. The van der Waals surface area contributed by atoms with Crippen molar-refractivity contribution in [3.63, 3.8) is 0 Å². The number of hydrogen-bond donors (Lipinski definition) is 1. The largest absolute Gasteiger partial charge is 0.324 e. The van der Waals surface area contributed by atoms with Crippen molar-refractivity contribution in [3.05, 3.63) is 69.4 Å². The Morgan fingerprint density at radius 2 is 1.94 bits per heavy atom. The number of anilines is 4. The molecule has 0 saturated heterocycles. The summed E-state index contributed by atoms with van der Waals surface area (Å²) in [6.07, 6.45) is 3.41. The summed E-state index contributed by atoms with van der Waals surface area (Å²) in [5.74, 6) is 1.73. The predicted molar refractivity (Wildman–Crippen MR) is 131 cm³/mol. The van der Waals surface area contributed by atoms with Gasteiger partial charge in [0, 0.05) is 36.6 Å². The van der Waals surface area contributed by atoms with Crippen molar-refractivity contribution in [2.75, 3.05) is 30.4 Å².